The van der Waals surface area contributed by atoms with Crippen LogP contribution in [-0.4, -0.2) is 44.2 Å². The molecule has 0 fully saturated rings. The van der Waals surface area contributed by atoms with E-state index in [1.807, 2.05) is 36.4 Å². The Kier molecular flexibility index (Phi) is 9.44. The summed E-state index contributed by atoms with van der Waals surface area (Å²) < 4.78 is 17.3. The van der Waals surface area contributed by atoms with Crippen molar-refractivity contribution in [3.63, 3.8) is 0 Å². The van der Waals surface area contributed by atoms with Gasteiger partial charge in [-0.2, -0.15) is 0 Å². The van der Waals surface area contributed by atoms with Gasteiger partial charge in [-0.15, -0.1) is 24.0 Å². The third kappa shape index (κ3) is 7.13. The van der Waals surface area contributed by atoms with Crippen molar-refractivity contribution in [3.05, 3.63) is 83.8 Å². The highest BCUT2D eigenvalue weighted by Crippen LogP contribution is 2.30. The molecule has 1 aliphatic heterocycles. The van der Waals surface area contributed by atoms with Crippen LogP contribution < -0.4 is 20.1 Å². The Bertz CT molecular complexity index is 1030. The number of guanidine groups is 1. The number of nitrogens with one attached hydrogen (secondary N) is 2. The number of nitrogens with zero attached hydrogens (tertiary/aromatic N) is 2. The molecule has 2 heterocycles. The lowest BCUT2D eigenvalue weighted by Crippen LogP contribution is -2.45. The quantitative estimate of drug-likeness (QED) is 0.246. The number of fused-ring (bicyclic) bond motifs is 1. The predicted octanol–water partition coefficient (Wildman–Crippen LogP) is 4.03. The van der Waals surface area contributed by atoms with Crippen molar-refractivity contribution in [1.29, 1.82) is 0 Å². The molecule has 0 aliphatic carbocycles. The summed E-state index contributed by atoms with van der Waals surface area (Å²) in [6, 6.07) is 20.1. The van der Waals surface area contributed by atoms with E-state index in [1.54, 1.807) is 13.3 Å². The summed E-state index contributed by atoms with van der Waals surface area (Å²) in [7, 11) is 3.86. The number of ether oxygens (including phenoxy) is 2. The predicted molar refractivity (Wildman–Crippen MR) is 140 cm³/mol. The SMILES string of the molecule is CN=C(NCc1ccccc1CN(C)Cc1ccco1)NCC1COc2ccccc2O1.I. The monoisotopic (exact) mass is 562 g/mol. The largest absolute Gasteiger partial charge is 0.486 e. The summed E-state index contributed by atoms with van der Waals surface area (Å²) >= 11 is 0. The molecule has 1 atom stereocenters. The first kappa shape index (κ1) is 24.9. The maximum Gasteiger partial charge on any atom is 0.191 e. The van der Waals surface area contributed by atoms with E-state index < -0.39 is 0 Å². The Morgan fingerprint density at radius 3 is 2.48 bits per heavy atom. The van der Waals surface area contributed by atoms with E-state index in [1.165, 1.54) is 11.1 Å². The van der Waals surface area contributed by atoms with Crippen LogP contribution in [0.25, 0.3) is 0 Å². The van der Waals surface area contributed by atoms with Crippen LogP contribution in [0.2, 0.25) is 0 Å². The second-order valence-electron chi connectivity index (χ2n) is 7.82. The van der Waals surface area contributed by atoms with Gasteiger partial charge in [0.25, 0.3) is 0 Å². The van der Waals surface area contributed by atoms with Gasteiger partial charge in [0.2, 0.25) is 0 Å². The summed E-state index contributed by atoms with van der Waals surface area (Å²) in [4.78, 5) is 6.59. The van der Waals surface area contributed by atoms with E-state index in [0.717, 1.165) is 36.3 Å². The number of aliphatic imine (C=N–C) groups is 1. The second-order valence-corrected chi connectivity index (χ2v) is 7.82. The molecule has 8 heteroatoms. The molecule has 0 spiro atoms. The van der Waals surface area contributed by atoms with E-state index in [-0.39, 0.29) is 30.1 Å². The minimum absolute atomic E-state index is 0. The first-order valence-corrected chi connectivity index (χ1v) is 10.8. The summed E-state index contributed by atoms with van der Waals surface area (Å²) in [5, 5.41) is 6.75. The molecule has 0 saturated heterocycles. The van der Waals surface area contributed by atoms with Crippen LogP contribution in [0.15, 0.2) is 76.3 Å². The van der Waals surface area contributed by atoms with E-state index in [2.05, 4.69) is 51.8 Å². The second kappa shape index (κ2) is 12.5. The summed E-state index contributed by atoms with van der Waals surface area (Å²) in [5.74, 6) is 3.26. The van der Waals surface area contributed by atoms with Crippen LogP contribution in [0.3, 0.4) is 0 Å². The lowest BCUT2D eigenvalue weighted by Gasteiger charge is -2.27. The minimum Gasteiger partial charge on any atom is -0.486 e. The van der Waals surface area contributed by atoms with Crippen LogP contribution in [-0.2, 0) is 19.6 Å². The van der Waals surface area contributed by atoms with Gasteiger partial charge in [-0.3, -0.25) is 9.89 Å². The molecule has 176 valence electrons. The molecule has 7 nitrogen and oxygen atoms in total. The standard InChI is InChI=1S/C25H30N4O3.HI/c1-26-25(28-15-22-18-31-23-11-5-6-12-24(23)32-22)27-14-19-8-3-4-9-20(19)16-29(2)17-21-10-7-13-30-21;/h3-13,22H,14-18H2,1-2H3,(H2,26,27,28);1H. The van der Waals surface area contributed by atoms with Gasteiger partial charge in [0.1, 0.15) is 18.5 Å². The van der Waals surface area contributed by atoms with E-state index in [9.17, 15) is 0 Å². The average molecular weight is 562 g/mol. The first-order chi connectivity index (χ1) is 15.7. The highest BCUT2D eigenvalue weighted by Gasteiger charge is 2.20. The molecular weight excluding hydrogens is 531 g/mol. The fraction of sp³-hybridized carbons (Fsp3) is 0.320. The molecule has 33 heavy (non-hydrogen) atoms. The average Bonchev–Trinajstić information content (AvgIpc) is 3.33. The van der Waals surface area contributed by atoms with Crippen LogP contribution in [0.4, 0.5) is 0 Å². The molecule has 0 bridgehead atoms. The van der Waals surface area contributed by atoms with Crippen molar-refractivity contribution >= 4 is 29.9 Å². The molecule has 0 amide bonds. The molecule has 0 saturated carbocycles. The molecule has 4 rings (SSSR count). The van der Waals surface area contributed by atoms with Crippen molar-refractivity contribution in [2.75, 3.05) is 27.2 Å². The molecule has 2 aromatic carbocycles. The van der Waals surface area contributed by atoms with Crippen molar-refractivity contribution in [1.82, 2.24) is 15.5 Å². The molecule has 2 N–H and O–H groups in total. The molecule has 1 aromatic heterocycles. The van der Waals surface area contributed by atoms with Gasteiger partial charge >= 0.3 is 0 Å². The van der Waals surface area contributed by atoms with Gasteiger partial charge in [-0.25, -0.2) is 0 Å². The van der Waals surface area contributed by atoms with Gasteiger partial charge < -0.3 is 24.5 Å². The number of benzene rings is 2. The van der Waals surface area contributed by atoms with Crippen molar-refractivity contribution in [2.24, 2.45) is 4.99 Å². The molecule has 0 radical (unpaired) electrons. The van der Waals surface area contributed by atoms with Gasteiger partial charge in [-0.1, -0.05) is 36.4 Å². The molecule has 1 unspecified atom stereocenters. The number of hydrogen-bond donors (Lipinski definition) is 2. The summed E-state index contributed by atoms with van der Waals surface area (Å²) in [6.07, 6.45) is 1.63. The van der Waals surface area contributed by atoms with Gasteiger partial charge in [0, 0.05) is 20.1 Å². The third-order valence-corrected chi connectivity index (χ3v) is 5.30. The molecule has 3 aromatic rings. The number of furan rings is 1. The third-order valence-electron chi connectivity index (χ3n) is 5.30. The van der Waals surface area contributed by atoms with Crippen LogP contribution in [0.5, 0.6) is 11.5 Å². The maximum atomic E-state index is 6.01. The normalized spacial score (nSPS) is 15.1. The Labute approximate surface area is 212 Å². The zero-order chi connectivity index (χ0) is 22.2. The summed E-state index contributed by atoms with van der Waals surface area (Å²) in [6.45, 7) is 3.38. The Morgan fingerprint density at radius 2 is 1.73 bits per heavy atom. The Morgan fingerprint density at radius 1 is 0.970 bits per heavy atom. The topological polar surface area (TPSA) is 71.3 Å². The highest BCUT2D eigenvalue weighted by atomic mass is 127. The van der Waals surface area contributed by atoms with Gasteiger partial charge in [-0.05, 0) is 42.4 Å². The number of rotatable bonds is 8. The number of para-hydroxylation sites is 2. The zero-order valence-electron chi connectivity index (χ0n) is 19.0. The smallest absolute Gasteiger partial charge is 0.191 e. The highest BCUT2D eigenvalue weighted by molar-refractivity contribution is 14.0. The first-order valence-electron chi connectivity index (χ1n) is 10.8. The van der Waals surface area contributed by atoms with Crippen molar-refractivity contribution < 1.29 is 13.9 Å². The van der Waals surface area contributed by atoms with Crippen molar-refractivity contribution in [2.45, 2.75) is 25.7 Å². The van der Waals surface area contributed by atoms with Gasteiger partial charge in [0.05, 0.1) is 19.4 Å². The van der Waals surface area contributed by atoms with E-state index in [4.69, 9.17) is 13.9 Å². The minimum atomic E-state index is -0.0778. The Balaban J connectivity index is 0.00000306. The van der Waals surface area contributed by atoms with Crippen LogP contribution >= 0.6 is 24.0 Å². The molecule has 1 aliphatic rings. The fourth-order valence-corrected chi connectivity index (χ4v) is 3.67. The lowest BCUT2D eigenvalue weighted by atomic mass is 10.1. The van der Waals surface area contributed by atoms with E-state index in [0.29, 0.717) is 19.7 Å². The Hall–Kier alpha value is -2.72. The summed E-state index contributed by atoms with van der Waals surface area (Å²) in [5.41, 5.74) is 2.50. The molecular formula is C25H31IN4O3. The van der Waals surface area contributed by atoms with Crippen LogP contribution in [0, 0.1) is 0 Å². The zero-order valence-corrected chi connectivity index (χ0v) is 21.3. The lowest BCUT2D eigenvalue weighted by molar-refractivity contribution is 0.0936. The maximum absolute atomic E-state index is 6.01. The number of halogens is 1. The number of hydrogen-bond acceptors (Lipinski definition) is 5. The van der Waals surface area contributed by atoms with Crippen molar-refractivity contribution in [3.8, 4) is 11.5 Å². The fourth-order valence-electron chi connectivity index (χ4n) is 3.67. The van der Waals surface area contributed by atoms with Crippen LogP contribution in [0.1, 0.15) is 16.9 Å². The van der Waals surface area contributed by atoms with E-state index >= 15 is 0 Å². The van der Waals surface area contributed by atoms with Gasteiger partial charge in [0.15, 0.2) is 17.5 Å².